The van der Waals surface area contributed by atoms with Gasteiger partial charge in [-0.3, -0.25) is 9.69 Å². The topological polar surface area (TPSA) is 38.8 Å². The third-order valence-electron chi connectivity index (χ3n) is 4.82. The summed E-state index contributed by atoms with van der Waals surface area (Å²) in [7, 11) is 0. The van der Waals surface area contributed by atoms with E-state index in [2.05, 4.69) is 20.8 Å². The molecule has 0 atom stereocenters. The zero-order valence-corrected chi connectivity index (χ0v) is 16.3. The third-order valence-corrected chi connectivity index (χ3v) is 5.57. The van der Waals surface area contributed by atoms with Crippen molar-refractivity contribution in [3.8, 4) is 5.75 Å². The van der Waals surface area contributed by atoms with E-state index >= 15 is 0 Å². The molecular formula is C21H19BrFNO3. The van der Waals surface area contributed by atoms with Gasteiger partial charge in [-0.05, 0) is 57.4 Å². The first-order valence-corrected chi connectivity index (χ1v) is 9.70. The molecule has 140 valence electrons. The molecule has 0 saturated carbocycles. The summed E-state index contributed by atoms with van der Waals surface area (Å²) in [4.78, 5) is 15.0. The Balaban J connectivity index is 1.51. The average Bonchev–Trinajstić information content (AvgIpc) is 2.93. The monoisotopic (exact) mass is 431 g/mol. The van der Waals surface area contributed by atoms with Crippen LogP contribution in [0.15, 0.2) is 46.9 Å². The van der Waals surface area contributed by atoms with Crippen LogP contribution in [0.4, 0.5) is 4.39 Å². The molecule has 4 rings (SSSR count). The van der Waals surface area contributed by atoms with Gasteiger partial charge < -0.3 is 9.47 Å². The summed E-state index contributed by atoms with van der Waals surface area (Å²) in [6.07, 6.45) is 0. The Kier molecular flexibility index (Phi) is 5.38. The molecule has 1 aliphatic carbocycles. The van der Waals surface area contributed by atoms with Gasteiger partial charge in [-0.15, -0.1) is 0 Å². The lowest BCUT2D eigenvalue weighted by molar-refractivity contribution is 0.0322. The van der Waals surface area contributed by atoms with Crippen LogP contribution < -0.4 is 4.74 Å². The molecule has 0 aromatic heterocycles. The lowest BCUT2D eigenvalue weighted by atomic mass is 9.99. The zero-order valence-electron chi connectivity index (χ0n) is 14.7. The highest BCUT2D eigenvalue weighted by Crippen LogP contribution is 2.41. The number of carbonyl (C=O) groups is 1. The van der Waals surface area contributed by atoms with Crippen molar-refractivity contribution in [2.75, 3.05) is 39.5 Å². The molecule has 1 fully saturated rings. The molecule has 0 radical (unpaired) electrons. The highest BCUT2D eigenvalue weighted by Gasteiger charge is 2.29. The summed E-state index contributed by atoms with van der Waals surface area (Å²) in [5.74, 6) is 0.225. The number of Topliss-reactive ketones (excluding diaryl/α,β-unsaturated/α-hetero) is 1. The van der Waals surface area contributed by atoms with Crippen LogP contribution in [-0.4, -0.2) is 50.1 Å². The van der Waals surface area contributed by atoms with Gasteiger partial charge in [0.2, 0.25) is 5.78 Å². The van der Waals surface area contributed by atoms with E-state index in [9.17, 15) is 9.18 Å². The second-order valence-electron chi connectivity index (χ2n) is 6.54. The summed E-state index contributed by atoms with van der Waals surface area (Å²) in [6.45, 7) is 4.73. The first-order chi connectivity index (χ1) is 13.1. The van der Waals surface area contributed by atoms with Gasteiger partial charge in [0.1, 0.15) is 18.2 Å². The largest absolute Gasteiger partial charge is 0.492 e. The standard InChI is InChI=1S/C21H19BrFNO3/c22-20-19(14-2-1-3-15(23)12-14)17-5-4-16(13-18(17)21(20)25)27-11-8-24-6-9-26-10-7-24/h1-5,12-13H,6-11H2. The average molecular weight is 432 g/mol. The minimum Gasteiger partial charge on any atom is -0.492 e. The van der Waals surface area contributed by atoms with Crippen LogP contribution in [0.5, 0.6) is 5.75 Å². The van der Waals surface area contributed by atoms with Gasteiger partial charge in [0.15, 0.2) is 0 Å². The first-order valence-electron chi connectivity index (χ1n) is 8.91. The van der Waals surface area contributed by atoms with Gasteiger partial charge in [0, 0.05) is 30.8 Å². The molecule has 0 spiro atoms. The molecule has 0 amide bonds. The van der Waals surface area contributed by atoms with Crippen molar-refractivity contribution in [2.24, 2.45) is 0 Å². The Hall–Kier alpha value is -2.02. The maximum absolute atomic E-state index is 13.6. The number of nitrogens with zero attached hydrogens (tertiary/aromatic N) is 1. The molecule has 27 heavy (non-hydrogen) atoms. The number of benzene rings is 2. The zero-order chi connectivity index (χ0) is 18.8. The maximum atomic E-state index is 13.6. The number of fused-ring (bicyclic) bond motifs is 1. The third kappa shape index (κ3) is 3.83. The number of carbonyl (C=O) groups excluding carboxylic acids is 1. The lowest BCUT2D eigenvalue weighted by Gasteiger charge is -2.26. The Morgan fingerprint density at radius 1 is 1.11 bits per heavy atom. The second-order valence-corrected chi connectivity index (χ2v) is 7.33. The Morgan fingerprint density at radius 2 is 1.93 bits per heavy atom. The van der Waals surface area contributed by atoms with Crippen LogP contribution in [0.1, 0.15) is 21.5 Å². The van der Waals surface area contributed by atoms with Gasteiger partial charge in [-0.25, -0.2) is 4.39 Å². The molecule has 2 aliphatic rings. The van der Waals surface area contributed by atoms with E-state index in [-0.39, 0.29) is 11.6 Å². The van der Waals surface area contributed by atoms with E-state index in [0.717, 1.165) is 44.0 Å². The molecule has 1 saturated heterocycles. The number of morpholine rings is 1. The quantitative estimate of drug-likeness (QED) is 0.719. The summed E-state index contributed by atoms with van der Waals surface area (Å²) < 4.78 is 25.3. The van der Waals surface area contributed by atoms with E-state index in [1.165, 1.54) is 12.1 Å². The molecule has 0 N–H and O–H groups in total. The molecule has 1 aliphatic heterocycles. The van der Waals surface area contributed by atoms with Crippen molar-refractivity contribution < 1.29 is 18.7 Å². The number of halogens is 2. The van der Waals surface area contributed by atoms with Crippen molar-refractivity contribution in [3.05, 3.63) is 69.5 Å². The number of ether oxygens (including phenoxy) is 2. The van der Waals surface area contributed by atoms with Crippen molar-refractivity contribution in [3.63, 3.8) is 0 Å². The fourth-order valence-electron chi connectivity index (χ4n) is 3.41. The van der Waals surface area contributed by atoms with Crippen molar-refractivity contribution in [1.82, 2.24) is 4.90 Å². The SMILES string of the molecule is O=C1C(Br)=C(c2cccc(F)c2)c2ccc(OCCN3CCOCC3)cc21. The number of ketones is 1. The summed E-state index contributed by atoms with van der Waals surface area (Å²) >= 11 is 3.39. The lowest BCUT2D eigenvalue weighted by Crippen LogP contribution is -2.38. The highest BCUT2D eigenvalue weighted by atomic mass is 79.9. The number of allylic oxidation sites excluding steroid dienone is 1. The molecule has 2 aromatic carbocycles. The highest BCUT2D eigenvalue weighted by molar-refractivity contribution is 9.12. The summed E-state index contributed by atoms with van der Waals surface area (Å²) in [6, 6.07) is 11.8. The molecular weight excluding hydrogens is 413 g/mol. The minimum atomic E-state index is -0.329. The Bertz CT molecular complexity index is 906. The fraction of sp³-hybridized carbons (Fsp3) is 0.286. The van der Waals surface area contributed by atoms with E-state index in [1.807, 2.05) is 12.1 Å². The molecule has 6 heteroatoms. The fourth-order valence-corrected chi connectivity index (χ4v) is 4.07. The smallest absolute Gasteiger partial charge is 0.201 e. The van der Waals surface area contributed by atoms with Gasteiger partial charge in [0.05, 0.1) is 17.7 Å². The van der Waals surface area contributed by atoms with Crippen LogP contribution in [0.25, 0.3) is 5.57 Å². The van der Waals surface area contributed by atoms with Crippen molar-refractivity contribution >= 4 is 27.3 Å². The van der Waals surface area contributed by atoms with Gasteiger partial charge in [-0.1, -0.05) is 12.1 Å². The number of hydrogen-bond donors (Lipinski definition) is 0. The second kappa shape index (κ2) is 7.92. The summed E-state index contributed by atoms with van der Waals surface area (Å²) in [5.41, 5.74) is 2.76. The van der Waals surface area contributed by atoms with Crippen LogP contribution in [0.3, 0.4) is 0 Å². The molecule has 2 aromatic rings. The van der Waals surface area contributed by atoms with E-state index < -0.39 is 0 Å². The molecule has 0 bridgehead atoms. The van der Waals surface area contributed by atoms with Crippen molar-refractivity contribution in [1.29, 1.82) is 0 Å². The van der Waals surface area contributed by atoms with E-state index in [0.29, 0.717) is 28.0 Å². The predicted octanol–water partition coefficient (Wildman–Crippen LogP) is 3.89. The van der Waals surface area contributed by atoms with E-state index in [4.69, 9.17) is 9.47 Å². The van der Waals surface area contributed by atoms with E-state index in [1.54, 1.807) is 18.2 Å². The van der Waals surface area contributed by atoms with Crippen LogP contribution >= 0.6 is 15.9 Å². The van der Waals surface area contributed by atoms with Crippen molar-refractivity contribution in [2.45, 2.75) is 0 Å². The van der Waals surface area contributed by atoms with Crippen LogP contribution in [-0.2, 0) is 4.74 Å². The van der Waals surface area contributed by atoms with Crippen LogP contribution in [0, 0.1) is 5.82 Å². The Morgan fingerprint density at radius 3 is 2.70 bits per heavy atom. The Labute approximate surface area is 165 Å². The molecule has 4 nitrogen and oxygen atoms in total. The van der Waals surface area contributed by atoms with Crippen LogP contribution in [0.2, 0.25) is 0 Å². The molecule has 0 unspecified atom stereocenters. The van der Waals surface area contributed by atoms with Gasteiger partial charge in [0.25, 0.3) is 0 Å². The normalized spacial score (nSPS) is 17.3. The van der Waals surface area contributed by atoms with Gasteiger partial charge in [-0.2, -0.15) is 0 Å². The number of hydrogen-bond acceptors (Lipinski definition) is 4. The predicted molar refractivity (Wildman–Crippen MR) is 105 cm³/mol. The number of rotatable bonds is 5. The van der Waals surface area contributed by atoms with Gasteiger partial charge >= 0.3 is 0 Å². The maximum Gasteiger partial charge on any atom is 0.201 e. The summed E-state index contributed by atoms with van der Waals surface area (Å²) in [5, 5.41) is 0. The minimum absolute atomic E-state index is 0.108. The molecule has 1 heterocycles. The first kappa shape index (κ1) is 18.3.